The van der Waals surface area contributed by atoms with E-state index in [0.29, 0.717) is 24.6 Å². The second-order valence-electron chi connectivity index (χ2n) is 5.40. The third kappa shape index (κ3) is 4.88. The van der Waals surface area contributed by atoms with E-state index in [1.165, 1.54) is 23.8 Å². The summed E-state index contributed by atoms with van der Waals surface area (Å²) in [4.78, 5) is 37.9. The number of nitrogens with zero attached hydrogens (tertiary/aromatic N) is 1. The molecule has 0 aromatic heterocycles. The summed E-state index contributed by atoms with van der Waals surface area (Å²) in [5.74, 6) is -0.303. The normalized spacial score (nSPS) is 16.4. The molecule has 2 rings (SSSR count). The molecule has 1 N–H and O–H groups in total. The van der Waals surface area contributed by atoms with Crippen molar-refractivity contribution in [1.29, 1.82) is 0 Å². The number of methoxy groups -OCH3 is 1. The lowest BCUT2D eigenvalue weighted by Gasteiger charge is -2.22. The molecule has 8 heteroatoms. The number of benzene rings is 1. The Morgan fingerprint density at radius 1 is 1.32 bits per heavy atom. The summed E-state index contributed by atoms with van der Waals surface area (Å²) >= 11 is 1.35. The lowest BCUT2D eigenvalue weighted by molar-refractivity contribution is -0.142. The van der Waals surface area contributed by atoms with Gasteiger partial charge in [-0.2, -0.15) is 0 Å². The highest BCUT2D eigenvalue weighted by atomic mass is 32.2. The van der Waals surface area contributed by atoms with Gasteiger partial charge < -0.3 is 19.7 Å². The van der Waals surface area contributed by atoms with Crippen LogP contribution < -0.4 is 5.32 Å². The van der Waals surface area contributed by atoms with E-state index in [-0.39, 0.29) is 5.56 Å². The van der Waals surface area contributed by atoms with Crippen molar-refractivity contribution in [3.05, 3.63) is 29.8 Å². The van der Waals surface area contributed by atoms with Crippen molar-refractivity contribution >= 4 is 35.4 Å². The van der Waals surface area contributed by atoms with E-state index in [1.54, 1.807) is 24.3 Å². The average Bonchev–Trinajstić information content (AvgIpc) is 3.11. The zero-order chi connectivity index (χ0) is 18.2. The summed E-state index contributed by atoms with van der Waals surface area (Å²) in [6.07, 6.45) is 1.71. The molecule has 0 aliphatic carbocycles. The van der Waals surface area contributed by atoms with Crippen LogP contribution in [0.15, 0.2) is 24.3 Å². The minimum Gasteiger partial charge on any atom is -0.467 e. The van der Waals surface area contributed by atoms with Gasteiger partial charge >= 0.3 is 18.0 Å². The van der Waals surface area contributed by atoms with Gasteiger partial charge in [-0.1, -0.05) is 25.5 Å². The molecule has 2 amide bonds. The molecule has 0 saturated carbocycles. The summed E-state index contributed by atoms with van der Waals surface area (Å²) in [5, 5.41) is 2.03. The molecule has 1 atom stereocenters. The van der Waals surface area contributed by atoms with Gasteiger partial charge in [0, 0.05) is 12.3 Å². The largest absolute Gasteiger partial charge is 0.467 e. The molecule has 1 aliphatic heterocycles. The zero-order valence-corrected chi connectivity index (χ0v) is 15.1. The van der Waals surface area contributed by atoms with E-state index in [0.717, 1.165) is 12.8 Å². The number of urea groups is 1. The maximum absolute atomic E-state index is 12.5. The summed E-state index contributed by atoms with van der Waals surface area (Å²) < 4.78 is 9.94. The molecule has 0 spiro atoms. The van der Waals surface area contributed by atoms with Crippen LogP contribution in [-0.2, 0) is 14.3 Å². The van der Waals surface area contributed by atoms with Crippen LogP contribution in [0.4, 0.5) is 10.5 Å². The first kappa shape index (κ1) is 19.1. The quantitative estimate of drug-likeness (QED) is 0.615. The number of esters is 2. The van der Waals surface area contributed by atoms with Gasteiger partial charge in [-0.3, -0.25) is 0 Å². The lowest BCUT2D eigenvalue weighted by Crippen LogP contribution is -2.42. The number of carbonyl (C=O) groups is 3. The third-order valence-electron chi connectivity index (χ3n) is 3.67. The predicted molar refractivity (Wildman–Crippen MR) is 95.6 cm³/mol. The van der Waals surface area contributed by atoms with E-state index in [1.807, 2.05) is 6.92 Å². The molecule has 0 bridgehead atoms. The monoisotopic (exact) mass is 366 g/mol. The first-order valence-corrected chi connectivity index (χ1v) is 9.16. The highest BCUT2D eigenvalue weighted by Crippen LogP contribution is 2.26. The van der Waals surface area contributed by atoms with Crippen LogP contribution in [-0.4, -0.2) is 54.3 Å². The molecular formula is C17H22N2O5S. The maximum Gasteiger partial charge on any atom is 0.340 e. The molecule has 136 valence electrons. The van der Waals surface area contributed by atoms with E-state index < -0.39 is 23.3 Å². The Morgan fingerprint density at radius 2 is 2.08 bits per heavy atom. The number of thioether (sulfide) groups is 1. The van der Waals surface area contributed by atoms with Gasteiger partial charge in [-0.05, 0) is 18.6 Å². The second kappa shape index (κ2) is 9.31. The number of hydrogen-bond donors (Lipinski definition) is 1. The second-order valence-corrected chi connectivity index (χ2v) is 6.59. The number of unbranched alkanes of at least 4 members (excludes halogenated alkanes) is 1. The van der Waals surface area contributed by atoms with Crippen LogP contribution in [0.5, 0.6) is 0 Å². The fourth-order valence-electron chi connectivity index (χ4n) is 2.32. The Morgan fingerprint density at radius 3 is 2.80 bits per heavy atom. The highest BCUT2D eigenvalue weighted by Gasteiger charge is 2.36. The number of rotatable bonds is 6. The van der Waals surface area contributed by atoms with Crippen LogP contribution in [0.2, 0.25) is 0 Å². The first-order valence-electron chi connectivity index (χ1n) is 8.11. The van der Waals surface area contributed by atoms with E-state index >= 15 is 0 Å². The number of amides is 2. The molecule has 1 heterocycles. The molecule has 1 saturated heterocycles. The Kier molecular flexibility index (Phi) is 7.12. The van der Waals surface area contributed by atoms with Gasteiger partial charge in [0.15, 0.2) is 5.37 Å². The Hall–Kier alpha value is -2.22. The fraction of sp³-hybridized carbons (Fsp3) is 0.471. The lowest BCUT2D eigenvalue weighted by atomic mass is 10.2. The molecule has 1 fully saturated rings. The first-order chi connectivity index (χ1) is 12.1. The standard InChI is InChI=1S/C17H22N2O5S/c1-3-4-10-24-15(20)12-7-5-6-8-13(12)18-17(22)19-9-11-25-14(19)16(21)23-2/h5-8,14H,3-4,9-11H2,1-2H3,(H,18,22). The molecule has 7 nitrogen and oxygen atoms in total. The summed E-state index contributed by atoms with van der Waals surface area (Å²) in [6.45, 7) is 2.78. The van der Waals surface area contributed by atoms with Crippen molar-refractivity contribution in [1.82, 2.24) is 4.90 Å². The maximum atomic E-state index is 12.5. The Labute approximate surface area is 151 Å². The van der Waals surface area contributed by atoms with E-state index in [2.05, 4.69) is 5.32 Å². The zero-order valence-electron chi connectivity index (χ0n) is 14.3. The number of hydrogen-bond acceptors (Lipinski definition) is 6. The minimum atomic E-state index is -0.673. The Bertz CT molecular complexity index is 637. The topological polar surface area (TPSA) is 84.9 Å². The van der Waals surface area contributed by atoms with Crippen molar-refractivity contribution in [3.63, 3.8) is 0 Å². The molecule has 1 aromatic carbocycles. The minimum absolute atomic E-state index is 0.286. The van der Waals surface area contributed by atoms with Crippen LogP contribution in [0.1, 0.15) is 30.1 Å². The number of ether oxygens (including phenoxy) is 2. The van der Waals surface area contributed by atoms with Crippen molar-refractivity contribution in [2.45, 2.75) is 25.1 Å². The molecule has 1 unspecified atom stereocenters. The third-order valence-corrected chi connectivity index (χ3v) is 4.86. The van der Waals surface area contributed by atoms with Crippen LogP contribution in [0, 0.1) is 0 Å². The summed E-state index contributed by atoms with van der Waals surface area (Å²) in [6, 6.07) is 6.20. The van der Waals surface area contributed by atoms with Gasteiger partial charge in [-0.15, -0.1) is 11.8 Å². The van der Waals surface area contributed by atoms with Crippen molar-refractivity contribution < 1.29 is 23.9 Å². The highest BCUT2D eigenvalue weighted by molar-refractivity contribution is 8.00. The van der Waals surface area contributed by atoms with Gasteiger partial charge in [0.2, 0.25) is 0 Å². The fourth-order valence-corrected chi connectivity index (χ4v) is 3.46. The Balaban J connectivity index is 2.08. The summed E-state index contributed by atoms with van der Waals surface area (Å²) in [5.41, 5.74) is 0.642. The van der Waals surface area contributed by atoms with Gasteiger partial charge in [0.05, 0.1) is 25.0 Å². The van der Waals surface area contributed by atoms with Crippen LogP contribution in [0.25, 0.3) is 0 Å². The number of anilines is 1. The number of carbonyl (C=O) groups excluding carboxylic acids is 3. The average molecular weight is 366 g/mol. The van der Waals surface area contributed by atoms with E-state index in [9.17, 15) is 14.4 Å². The van der Waals surface area contributed by atoms with Gasteiger partial charge in [0.1, 0.15) is 0 Å². The SMILES string of the molecule is CCCCOC(=O)c1ccccc1NC(=O)N1CCSC1C(=O)OC. The van der Waals surface area contributed by atoms with Gasteiger partial charge in [-0.25, -0.2) is 14.4 Å². The molecule has 1 aliphatic rings. The predicted octanol–water partition coefficient (Wildman–Crippen LogP) is 2.72. The molecule has 0 radical (unpaired) electrons. The molecule has 25 heavy (non-hydrogen) atoms. The molecule has 1 aromatic rings. The smallest absolute Gasteiger partial charge is 0.340 e. The number of para-hydroxylation sites is 1. The summed E-state index contributed by atoms with van der Waals surface area (Å²) in [7, 11) is 1.29. The number of nitrogens with one attached hydrogen (secondary N) is 1. The van der Waals surface area contributed by atoms with E-state index in [4.69, 9.17) is 9.47 Å². The van der Waals surface area contributed by atoms with Crippen molar-refractivity contribution in [2.24, 2.45) is 0 Å². The van der Waals surface area contributed by atoms with Crippen LogP contribution >= 0.6 is 11.8 Å². The van der Waals surface area contributed by atoms with Crippen molar-refractivity contribution in [3.8, 4) is 0 Å². The molecular weight excluding hydrogens is 344 g/mol. The van der Waals surface area contributed by atoms with Crippen LogP contribution in [0.3, 0.4) is 0 Å². The van der Waals surface area contributed by atoms with Crippen molar-refractivity contribution in [2.75, 3.05) is 31.3 Å². The van der Waals surface area contributed by atoms with Gasteiger partial charge in [0.25, 0.3) is 0 Å².